The fourth-order valence-corrected chi connectivity index (χ4v) is 2.00. The Morgan fingerprint density at radius 3 is 2.04 bits per heavy atom. The monoisotopic (exact) mass is 327 g/mol. The molecule has 0 saturated carbocycles. The van der Waals surface area contributed by atoms with Gasteiger partial charge in [0, 0.05) is 6.42 Å². The van der Waals surface area contributed by atoms with Crippen LogP contribution in [0.25, 0.3) is 0 Å². The van der Waals surface area contributed by atoms with Crippen molar-refractivity contribution in [3.8, 4) is 0 Å². The van der Waals surface area contributed by atoms with Gasteiger partial charge in [-0.15, -0.1) is 0 Å². The molecule has 0 N–H and O–H groups in total. The summed E-state index contributed by atoms with van der Waals surface area (Å²) in [5, 5.41) is 0. The summed E-state index contributed by atoms with van der Waals surface area (Å²) in [5.41, 5.74) is -1.30. The number of rotatable bonds is 2. The van der Waals surface area contributed by atoms with Gasteiger partial charge in [-0.2, -0.15) is 0 Å². The van der Waals surface area contributed by atoms with Crippen molar-refractivity contribution in [1.29, 1.82) is 0 Å². The van der Waals surface area contributed by atoms with E-state index in [2.05, 4.69) is 0 Å². The highest BCUT2D eigenvalue weighted by Gasteiger charge is 2.47. The zero-order valence-corrected chi connectivity index (χ0v) is 14.8. The average Bonchev–Trinajstić information content (AvgIpc) is 2.63. The average molecular weight is 327 g/mol. The van der Waals surface area contributed by atoms with Crippen LogP contribution < -0.4 is 0 Å². The van der Waals surface area contributed by atoms with Crippen molar-refractivity contribution >= 4 is 18.0 Å². The summed E-state index contributed by atoms with van der Waals surface area (Å²) < 4.78 is 15.4. The van der Waals surface area contributed by atoms with Crippen LogP contribution in [0.4, 0.5) is 4.79 Å². The van der Waals surface area contributed by atoms with Crippen LogP contribution in [0, 0.1) is 0 Å². The van der Waals surface area contributed by atoms with Gasteiger partial charge in [-0.25, -0.2) is 14.5 Å². The van der Waals surface area contributed by atoms with Crippen molar-refractivity contribution in [3.63, 3.8) is 0 Å². The first-order valence-electron chi connectivity index (χ1n) is 7.37. The van der Waals surface area contributed by atoms with Gasteiger partial charge in [0.25, 0.3) is 5.91 Å². The Kier molecular flexibility index (Phi) is 5.45. The second-order valence-electron chi connectivity index (χ2n) is 7.29. The molecule has 7 nitrogen and oxygen atoms in total. The molecule has 0 spiro atoms. The first-order valence-corrected chi connectivity index (χ1v) is 7.37. The molecule has 2 amide bonds. The highest BCUT2D eigenvalue weighted by molar-refractivity contribution is 6.08. The van der Waals surface area contributed by atoms with E-state index in [9.17, 15) is 14.4 Å². The summed E-state index contributed by atoms with van der Waals surface area (Å²) in [4.78, 5) is 37.8. The number of carbonyl (C=O) groups is 3. The Bertz CT molecular complexity index is 524. The van der Waals surface area contributed by atoms with Gasteiger partial charge >= 0.3 is 12.1 Å². The van der Waals surface area contributed by atoms with E-state index < -0.39 is 35.2 Å². The van der Waals surface area contributed by atoms with E-state index in [0.717, 1.165) is 4.90 Å². The fourth-order valence-electron chi connectivity index (χ4n) is 2.00. The Hall–Kier alpha value is -2.05. The zero-order valence-electron chi connectivity index (χ0n) is 14.8. The van der Waals surface area contributed by atoms with Gasteiger partial charge < -0.3 is 14.2 Å². The minimum absolute atomic E-state index is 0.0286. The van der Waals surface area contributed by atoms with Gasteiger partial charge in [0.2, 0.25) is 0 Å². The lowest BCUT2D eigenvalue weighted by Gasteiger charge is -2.28. The number of esters is 1. The molecule has 0 aliphatic carbocycles. The topological polar surface area (TPSA) is 82.1 Å². The second kappa shape index (κ2) is 6.60. The number of likely N-dealkylation sites (tertiary alicyclic amines) is 1. The van der Waals surface area contributed by atoms with Crippen LogP contribution in [0.15, 0.2) is 11.8 Å². The van der Waals surface area contributed by atoms with Gasteiger partial charge in [-0.1, -0.05) is 0 Å². The van der Waals surface area contributed by atoms with E-state index in [1.165, 1.54) is 13.4 Å². The maximum absolute atomic E-state index is 12.4. The highest BCUT2D eigenvalue weighted by atomic mass is 16.6. The molecule has 7 heteroatoms. The third kappa shape index (κ3) is 5.26. The third-order valence-corrected chi connectivity index (χ3v) is 2.75. The van der Waals surface area contributed by atoms with E-state index in [0.29, 0.717) is 0 Å². The summed E-state index contributed by atoms with van der Waals surface area (Å²) in [7, 11) is 1.39. The number of amides is 2. The molecule has 1 heterocycles. The Balaban J connectivity index is 3.09. The fraction of sp³-hybridized carbons (Fsp3) is 0.688. The summed E-state index contributed by atoms with van der Waals surface area (Å²) in [6.45, 7) is 10.2. The molecule has 1 rings (SSSR count). The van der Waals surface area contributed by atoms with Crippen molar-refractivity contribution in [2.24, 2.45) is 0 Å². The standard InChI is InChI=1S/C16H25NO6/c1-15(2,3)22-13(19)11-8-10(9-21-7)12(18)17(11)14(20)23-16(4,5)6/h9,11H,8H2,1-7H3/b10-9+/t11-/m0/s1. The lowest BCUT2D eigenvalue weighted by molar-refractivity contribution is -0.161. The number of hydrogen-bond acceptors (Lipinski definition) is 6. The van der Waals surface area contributed by atoms with E-state index in [1.807, 2.05) is 0 Å². The number of imide groups is 1. The van der Waals surface area contributed by atoms with Crippen molar-refractivity contribution in [2.75, 3.05) is 7.11 Å². The quantitative estimate of drug-likeness (QED) is 0.440. The molecule has 0 unspecified atom stereocenters. The molecule has 0 aromatic rings. The molecule has 23 heavy (non-hydrogen) atoms. The summed E-state index contributed by atoms with van der Waals surface area (Å²) >= 11 is 0. The molecule has 130 valence electrons. The first-order chi connectivity index (χ1) is 10.4. The van der Waals surface area contributed by atoms with Gasteiger partial charge in [0.15, 0.2) is 0 Å². The molecule has 0 aromatic carbocycles. The molecule has 0 radical (unpaired) electrons. The van der Waals surface area contributed by atoms with E-state index in [1.54, 1.807) is 41.5 Å². The largest absolute Gasteiger partial charge is 0.504 e. The summed E-state index contributed by atoms with van der Waals surface area (Å²) in [6.07, 6.45) is 0.378. The molecule has 1 atom stereocenters. The van der Waals surface area contributed by atoms with Gasteiger partial charge in [0.05, 0.1) is 18.9 Å². The van der Waals surface area contributed by atoms with E-state index >= 15 is 0 Å². The maximum Gasteiger partial charge on any atom is 0.418 e. The van der Waals surface area contributed by atoms with Gasteiger partial charge in [-0.05, 0) is 41.5 Å². The van der Waals surface area contributed by atoms with Crippen molar-refractivity contribution < 1.29 is 28.6 Å². The zero-order chi connectivity index (χ0) is 18.0. The van der Waals surface area contributed by atoms with Crippen LogP contribution in [0.1, 0.15) is 48.0 Å². The predicted octanol–water partition coefficient (Wildman–Crippen LogP) is 2.39. The predicted molar refractivity (Wildman–Crippen MR) is 82.4 cm³/mol. The molecule has 0 bridgehead atoms. The third-order valence-electron chi connectivity index (χ3n) is 2.75. The molecule has 1 fully saturated rings. The van der Waals surface area contributed by atoms with Crippen LogP contribution in [-0.2, 0) is 23.8 Å². The molecular formula is C16H25NO6. The molecule has 1 aliphatic rings. The Morgan fingerprint density at radius 2 is 1.61 bits per heavy atom. The lowest BCUT2D eigenvalue weighted by atomic mass is 10.1. The SMILES string of the molecule is CO/C=C1\C[C@@H](C(=O)OC(C)(C)C)N(C(=O)OC(C)(C)C)C1=O. The van der Waals surface area contributed by atoms with Crippen LogP contribution in [-0.4, -0.2) is 47.2 Å². The van der Waals surface area contributed by atoms with Crippen molar-refractivity contribution in [2.45, 2.75) is 65.2 Å². The van der Waals surface area contributed by atoms with E-state index in [4.69, 9.17) is 14.2 Å². The molecule has 1 saturated heterocycles. The van der Waals surface area contributed by atoms with Crippen molar-refractivity contribution in [3.05, 3.63) is 11.8 Å². The number of nitrogens with zero attached hydrogens (tertiary/aromatic N) is 1. The first kappa shape index (κ1) is 19.0. The Morgan fingerprint density at radius 1 is 1.09 bits per heavy atom. The number of hydrogen-bond donors (Lipinski definition) is 0. The van der Waals surface area contributed by atoms with Crippen LogP contribution in [0.2, 0.25) is 0 Å². The van der Waals surface area contributed by atoms with Crippen LogP contribution >= 0.6 is 0 Å². The van der Waals surface area contributed by atoms with Gasteiger partial charge in [-0.3, -0.25) is 4.79 Å². The number of methoxy groups -OCH3 is 1. The summed E-state index contributed by atoms with van der Waals surface area (Å²) in [6, 6.07) is -1.06. The number of carbonyl (C=O) groups excluding carboxylic acids is 3. The highest BCUT2D eigenvalue weighted by Crippen LogP contribution is 2.28. The molecule has 1 aliphatic heterocycles. The van der Waals surface area contributed by atoms with E-state index in [-0.39, 0.29) is 12.0 Å². The van der Waals surface area contributed by atoms with Gasteiger partial charge in [0.1, 0.15) is 17.2 Å². The smallest absolute Gasteiger partial charge is 0.418 e. The van der Waals surface area contributed by atoms with Crippen molar-refractivity contribution in [1.82, 2.24) is 4.90 Å². The van der Waals surface area contributed by atoms with Crippen LogP contribution in [0.5, 0.6) is 0 Å². The summed E-state index contributed by atoms with van der Waals surface area (Å²) in [5.74, 6) is -1.27. The lowest BCUT2D eigenvalue weighted by Crippen LogP contribution is -2.47. The van der Waals surface area contributed by atoms with Crippen LogP contribution in [0.3, 0.4) is 0 Å². The minimum Gasteiger partial charge on any atom is -0.504 e. The molecule has 0 aromatic heterocycles. The molecular weight excluding hydrogens is 302 g/mol. The normalized spacial score (nSPS) is 20.7. The second-order valence-corrected chi connectivity index (χ2v) is 7.29. The Labute approximate surface area is 136 Å². The maximum atomic E-state index is 12.4. The minimum atomic E-state index is -1.06. The number of ether oxygens (including phenoxy) is 3.